The van der Waals surface area contributed by atoms with E-state index in [1.807, 2.05) is 24.3 Å². The molecule has 0 spiro atoms. The number of rotatable bonds is 5. The first-order valence-corrected chi connectivity index (χ1v) is 11.8. The molecule has 1 aliphatic rings. The van der Waals surface area contributed by atoms with Gasteiger partial charge < -0.3 is 14.8 Å². The van der Waals surface area contributed by atoms with E-state index in [4.69, 9.17) is 23.2 Å². The zero-order valence-electron chi connectivity index (χ0n) is 14.9. The van der Waals surface area contributed by atoms with Crippen molar-refractivity contribution in [2.24, 2.45) is 0 Å². The molecular formula is C19H19Cl2N2O3P. The van der Waals surface area contributed by atoms with Crippen molar-refractivity contribution in [2.45, 2.75) is 12.5 Å². The molecule has 1 N–H and O–H groups in total. The van der Waals surface area contributed by atoms with Crippen LogP contribution in [0, 0.1) is 0 Å². The lowest BCUT2D eigenvalue weighted by Gasteiger charge is -2.21. The van der Waals surface area contributed by atoms with E-state index in [0.717, 1.165) is 10.9 Å². The summed E-state index contributed by atoms with van der Waals surface area (Å²) in [4.78, 5) is 24.6. The van der Waals surface area contributed by atoms with Crippen LogP contribution in [0.2, 0.25) is 10.0 Å². The van der Waals surface area contributed by atoms with E-state index in [2.05, 4.69) is 5.32 Å². The minimum Gasteiger partial charge on any atom is -0.347 e. The van der Waals surface area contributed by atoms with Crippen molar-refractivity contribution in [3.05, 3.63) is 46.4 Å². The van der Waals surface area contributed by atoms with Gasteiger partial charge in [0.15, 0.2) is 0 Å². The Hall–Kier alpha value is -1.81. The van der Waals surface area contributed by atoms with Crippen LogP contribution in [0.5, 0.6) is 0 Å². The molecule has 5 nitrogen and oxygen atoms in total. The Kier molecular flexibility index (Phi) is 5.66. The number of nitrogens with one attached hydrogen (secondary N) is 1. The average molecular weight is 425 g/mol. The number of halogens is 2. The molecule has 1 aliphatic heterocycles. The van der Waals surface area contributed by atoms with E-state index < -0.39 is 13.2 Å². The molecule has 0 aliphatic carbocycles. The van der Waals surface area contributed by atoms with E-state index >= 15 is 0 Å². The summed E-state index contributed by atoms with van der Waals surface area (Å²) in [5.41, 5.74) is 1.93. The number of carbonyl (C=O) groups is 2. The smallest absolute Gasteiger partial charge is 0.249 e. The van der Waals surface area contributed by atoms with Crippen LogP contribution in [0.25, 0.3) is 11.1 Å². The fourth-order valence-electron chi connectivity index (χ4n) is 3.28. The number of amides is 2. The van der Waals surface area contributed by atoms with E-state index in [1.54, 1.807) is 25.5 Å². The topological polar surface area (TPSA) is 66.5 Å². The molecule has 2 amide bonds. The maximum absolute atomic E-state index is 12.7. The predicted molar refractivity (Wildman–Crippen MR) is 111 cm³/mol. The second-order valence-electron chi connectivity index (χ2n) is 6.74. The van der Waals surface area contributed by atoms with Gasteiger partial charge in [-0.15, -0.1) is 0 Å². The van der Waals surface area contributed by atoms with Crippen molar-refractivity contribution < 1.29 is 14.2 Å². The summed E-state index contributed by atoms with van der Waals surface area (Å²) < 4.78 is 12.7. The molecule has 8 heteroatoms. The predicted octanol–water partition coefficient (Wildman–Crippen LogP) is 3.76. The van der Waals surface area contributed by atoms with Gasteiger partial charge in [-0.25, -0.2) is 0 Å². The molecule has 0 saturated carbocycles. The van der Waals surface area contributed by atoms with Gasteiger partial charge in [-0.2, -0.15) is 0 Å². The highest BCUT2D eigenvalue weighted by Gasteiger charge is 2.34. The molecule has 1 saturated heterocycles. The molecule has 3 rings (SSSR count). The molecule has 1 heterocycles. The number of nitrogens with zero attached hydrogens (tertiary/aromatic N) is 1. The fourth-order valence-corrected chi connectivity index (χ4v) is 5.03. The lowest BCUT2D eigenvalue weighted by Crippen LogP contribution is -2.37. The maximum Gasteiger partial charge on any atom is 0.249 e. The van der Waals surface area contributed by atoms with Crippen molar-refractivity contribution in [1.82, 2.24) is 5.32 Å². The third-order valence-corrected chi connectivity index (χ3v) is 7.02. The SMILES string of the molecule is CP(C)(=O)c1ccccc1-c1ccc(N2CCC(NC=O)C2=O)c(Cl)c1Cl. The lowest BCUT2D eigenvalue weighted by atomic mass is 10.0. The number of benzene rings is 2. The Morgan fingerprint density at radius 3 is 2.48 bits per heavy atom. The Labute approximate surface area is 168 Å². The molecule has 1 unspecified atom stereocenters. The summed E-state index contributed by atoms with van der Waals surface area (Å²) in [7, 11) is -2.52. The Morgan fingerprint density at radius 1 is 1.11 bits per heavy atom. The zero-order chi connectivity index (χ0) is 19.8. The highest BCUT2D eigenvalue weighted by molar-refractivity contribution is 7.70. The summed E-state index contributed by atoms with van der Waals surface area (Å²) in [6.45, 7) is 3.85. The van der Waals surface area contributed by atoms with E-state index in [9.17, 15) is 14.2 Å². The fraction of sp³-hybridized carbons (Fsp3) is 0.263. The van der Waals surface area contributed by atoms with Gasteiger partial charge >= 0.3 is 0 Å². The molecule has 0 bridgehead atoms. The lowest BCUT2D eigenvalue weighted by molar-refractivity contribution is -0.121. The molecule has 0 radical (unpaired) electrons. The van der Waals surface area contributed by atoms with E-state index in [1.165, 1.54) is 4.90 Å². The first-order chi connectivity index (χ1) is 12.8. The van der Waals surface area contributed by atoms with Crippen molar-refractivity contribution in [3.8, 4) is 11.1 Å². The van der Waals surface area contributed by atoms with Crippen LogP contribution in [0.15, 0.2) is 36.4 Å². The van der Waals surface area contributed by atoms with Crippen molar-refractivity contribution in [3.63, 3.8) is 0 Å². The van der Waals surface area contributed by atoms with Gasteiger partial charge in [-0.3, -0.25) is 9.59 Å². The Bertz CT molecular complexity index is 958. The number of hydrogen-bond donors (Lipinski definition) is 1. The quantitative estimate of drug-likeness (QED) is 0.586. The third kappa shape index (κ3) is 3.77. The first kappa shape index (κ1) is 19.9. The Balaban J connectivity index is 2.05. The number of anilines is 1. The summed E-state index contributed by atoms with van der Waals surface area (Å²) in [5.74, 6) is -0.222. The molecule has 27 heavy (non-hydrogen) atoms. The number of hydrogen-bond acceptors (Lipinski definition) is 3. The highest BCUT2D eigenvalue weighted by Crippen LogP contribution is 2.44. The maximum atomic E-state index is 12.7. The van der Waals surface area contributed by atoms with E-state index in [-0.39, 0.29) is 10.9 Å². The van der Waals surface area contributed by atoms with Crippen molar-refractivity contribution >= 4 is 53.7 Å². The molecular weight excluding hydrogens is 406 g/mol. The van der Waals surface area contributed by atoms with Gasteiger partial charge in [-0.1, -0.05) is 53.5 Å². The minimum absolute atomic E-state index is 0.222. The van der Waals surface area contributed by atoms with Gasteiger partial charge in [-0.05, 0) is 31.4 Å². The van der Waals surface area contributed by atoms with Crippen molar-refractivity contribution in [1.29, 1.82) is 0 Å². The normalized spacial score (nSPS) is 17.3. The molecule has 1 atom stereocenters. The van der Waals surface area contributed by atoms with Gasteiger partial charge in [0, 0.05) is 17.4 Å². The molecule has 2 aromatic carbocycles. The molecule has 1 fully saturated rings. The van der Waals surface area contributed by atoms with Gasteiger partial charge in [0.2, 0.25) is 12.3 Å². The number of carbonyl (C=O) groups excluding carboxylic acids is 2. The second-order valence-corrected chi connectivity index (χ2v) is 10.7. The van der Waals surface area contributed by atoms with Crippen LogP contribution in [0.4, 0.5) is 5.69 Å². The third-order valence-electron chi connectivity index (χ3n) is 4.60. The summed E-state index contributed by atoms with van der Waals surface area (Å²) in [5, 5.41) is 3.79. The summed E-state index contributed by atoms with van der Waals surface area (Å²) >= 11 is 13.0. The van der Waals surface area contributed by atoms with Gasteiger partial charge in [0.1, 0.15) is 13.2 Å². The standard InChI is InChI=1S/C19H19Cl2N2O3P/c1-27(2,26)16-6-4-3-5-12(16)13-7-8-15(18(21)17(13)20)23-10-9-14(19(23)25)22-11-24/h3-8,11,14H,9-10H2,1-2H3,(H,22,24). The monoisotopic (exact) mass is 424 g/mol. The van der Waals surface area contributed by atoms with Crippen LogP contribution in [0.1, 0.15) is 6.42 Å². The van der Waals surface area contributed by atoms with E-state index in [0.29, 0.717) is 35.6 Å². The van der Waals surface area contributed by atoms with Crippen LogP contribution >= 0.6 is 30.3 Å². The van der Waals surface area contributed by atoms with Gasteiger partial charge in [0.05, 0.1) is 15.7 Å². The highest BCUT2D eigenvalue weighted by atomic mass is 35.5. The average Bonchev–Trinajstić information content (AvgIpc) is 2.98. The van der Waals surface area contributed by atoms with Crippen LogP contribution in [-0.4, -0.2) is 38.2 Å². The molecule has 0 aromatic heterocycles. The summed E-state index contributed by atoms with van der Waals surface area (Å²) in [6.07, 6.45) is 1.03. The Morgan fingerprint density at radius 2 is 1.81 bits per heavy atom. The van der Waals surface area contributed by atoms with Gasteiger partial charge in [0.25, 0.3) is 0 Å². The van der Waals surface area contributed by atoms with Crippen LogP contribution in [-0.2, 0) is 14.2 Å². The van der Waals surface area contributed by atoms with Crippen LogP contribution in [0.3, 0.4) is 0 Å². The van der Waals surface area contributed by atoms with Crippen LogP contribution < -0.4 is 15.5 Å². The minimum atomic E-state index is -2.52. The van der Waals surface area contributed by atoms with Crippen molar-refractivity contribution in [2.75, 3.05) is 24.8 Å². The molecule has 2 aromatic rings. The second kappa shape index (κ2) is 7.67. The largest absolute Gasteiger partial charge is 0.347 e. The molecule has 142 valence electrons. The summed E-state index contributed by atoms with van der Waals surface area (Å²) in [6, 6.07) is 10.3. The zero-order valence-corrected chi connectivity index (χ0v) is 17.3. The first-order valence-electron chi connectivity index (χ1n) is 8.39.